The van der Waals surface area contributed by atoms with Crippen molar-refractivity contribution in [3.05, 3.63) is 29.6 Å². The lowest BCUT2D eigenvalue weighted by Gasteiger charge is -2.21. The van der Waals surface area contributed by atoms with Crippen LogP contribution in [0, 0.1) is 5.92 Å². The first-order valence-corrected chi connectivity index (χ1v) is 8.19. The van der Waals surface area contributed by atoms with Gasteiger partial charge >= 0.3 is 0 Å². The molecular formula is C17H29N3. The normalized spacial score (nSPS) is 14.9. The van der Waals surface area contributed by atoms with Gasteiger partial charge in [-0.2, -0.15) is 0 Å². The molecule has 0 saturated heterocycles. The molecule has 1 saturated carbocycles. The molecule has 1 heterocycles. The first-order chi connectivity index (χ1) is 9.81. The molecule has 0 spiro atoms. The number of nitrogens with one attached hydrogen (secondary N) is 1. The van der Waals surface area contributed by atoms with E-state index in [2.05, 4.69) is 42.3 Å². The second-order valence-corrected chi connectivity index (χ2v) is 5.98. The van der Waals surface area contributed by atoms with Gasteiger partial charge in [-0.3, -0.25) is 9.88 Å². The molecule has 3 heteroatoms. The van der Waals surface area contributed by atoms with E-state index in [-0.39, 0.29) is 0 Å². The minimum atomic E-state index is 0.887. The highest BCUT2D eigenvalue weighted by molar-refractivity contribution is 5.11. The second-order valence-electron chi connectivity index (χ2n) is 5.98. The van der Waals surface area contributed by atoms with Crippen molar-refractivity contribution in [2.45, 2.75) is 52.6 Å². The summed E-state index contributed by atoms with van der Waals surface area (Å²) in [4.78, 5) is 7.36. The first kappa shape index (κ1) is 15.5. The Morgan fingerprint density at radius 3 is 2.70 bits per heavy atom. The highest BCUT2D eigenvalue weighted by Gasteiger charge is 2.24. The summed E-state index contributed by atoms with van der Waals surface area (Å²) in [6, 6.07) is 6.43. The number of aromatic nitrogens is 1. The molecule has 1 aliphatic rings. The maximum Gasteiger partial charge on any atom is 0.0547 e. The molecule has 1 aliphatic carbocycles. The van der Waals surface area contributed by atoms with E-state index in [1.807, 2.05) is 0 Å². The SMILES string of the molecule is CCCNCc1cccc(CN(CCC)CC2CC2)n1. The van der Waals surface area contributed by atoms with Gasteiger partial charge in [-0.25, -0.2) is 0 Å². The van der Waals surface area contributed by atoms with Crippen LogP contribution in [0.3, 0.4) is 0 Å². The molecule has 1 aromatic rings. The number of pyridine rings is 1. The average Bonchev–Trinajstić information content (AvgIpc) is 3.24. The van der Waals surface area contributed by atoms with Gasteiger partial charge in [0.2, 0.25) is 0 Å². The van der Waals surface area contributed by atoms with E-state index in [1.54, 1.807) is 0 Å². The van der Waals surface area contributed by atoms with Crippen LogP contribution in [0.2, 0.25) is 0 Å². The van der Waals surface area contributed by atoms with Gasteiger partial charge < -0.3 is 5.32 Å². The molecule has 0 radical (unpaired) electrons. The fourth-order valence-electron chi connectivity index (χ4n) is 2.55. The summed E-state index contributed by atoms with van der Waals surface area (Å²) in [7, 11) is 0. The van der Waals surface area contributed by atoms with Crippen molar-refractivity contribution in [3.8, 4) is 0 Å². The average molecular weight is 275 g/mol. The van der Waals surface area contributed by atoms with Crippen LogP contribution in [0.4, 0.5) is 0 Å². The molecule has 0 bridgehead atoms. The van der Waals surface area contributed by atoms with E-state index in [9.17, 15) is 0 Å². The van der Waals surface area contributed by atoms with Crippen LogP contribution in [0.5, 0.6) is 0 Å². The zero-order valence-electron chi connectivity index (χ0n) is 13.1. The number of nitrogens with zero attached hydrogens (tertiary/aromatic N) is 2. The van der Waals surface area contributed by atoms with Gasteiger partial charge in [0.1, 0.15) is 0 Å². The van der Waals surface area contributed by atoms with Gasteiger partial charge in [-0.1, -0.05) is 19.9 Å². The van der Waals surface area contributed by atoms with Crippen LogP contribution >= 0.6 is 0 Å². The molecular weight excluding hydrogens is 246 g/mol. The molecule has 3 nitrogen and oxygen atoms in total. The Hall–Kier alpha value is -0.930. The minimum absolute atomic E-state index is 0.887. The van der Waals surface area contributed by atoms with Crippen LogP contribution in [0.1, 0.15) is 50.9 Å². The summed E-state index contributed by atoms with van der Waals surface area (Å²) < 4.78 is 0. The van der Waals surface area contributed by atoms with Crippen LogP contribution in [0.25, 0.3) is 0 Å². The molecule has 1 N–H and O–H groups in total. The van der Waals surface area contributed by atoms with Gasteiger partial charge in [0.05, 0.1) is 11.4 Å². The molecule has 112 valence electrons. The standard InChI is InChI=1S/C17H29N3/c1-3-10-18-12-16-6-5-7-17(19-16)14-20(11-4-2)13-15-8-9-15/h5-7,15,18H,3-4,8-14H2,1-2H3. The summed E-state index contributed by atoms with van der Waals surface area (Å²) in [6.07, 6.45) is 5.25. The van der Waals surface area contributed by atoms with Crippen LogP contribution in [-0.2, 0) is 13.1 Å². The molecule has 0 atom stereocenters. The minimum Gasteiger partial charge on any atom is -0.311 e. The topological polar surface area (TPSA) is 28.2 Å². The zero-order valence-corrected chi connectivity index (χ0v) is 13.1. The molecule has 20 heavy (non-hydrogen) atoms. The second kappa shape index (κ2) is 8.38. The number of hydrogen-bond acceptors (Lipinski definition) is 3. The van der Waals surface area contributed by atoms with Crippen molar-refractivity contribution in [1.82, 2.24) is 15.2 Å². The smallest absolute Gasteiger partial charge is 0.0547 e. The predicted octanol–water partition coefficient (Wildman–Crippen LogP) is 3.20. The van der Waals surface area contributed by atoms with Crippen molar-refractivity contribution >= 4 is 0 Å². The van der Waals surface area contributed by atoms with E-state index < -0.39 is 0 Å². The van der Waals surface area contributed by atoms with Crippen LogP contribution < -0.4 is 5.32 Å². The van der Waals surface area contributed by atoms with Crippen molar-refractivity contribution in [1.29, 1.82) is 0 Å². The van der Waals surface area contributed by atoms with E-state index in [1.165, 1.54) is 50.2 Å². The summed E-state index contributed by atoms with van der Waals surface area (Å²) >= 11 is 0. The highest BCUT2D eigenvalue weighted by atomic mass is 15.1. The molecule has 0 amide bonds. The molecule has 0 aromatic carbocycles. The Morgan fingerprint density at radius 1 is 1.20 bits per heavy atom. The quantitative estimate of drug-likeness (QED) is 0.665. The molecule has 1 aromatic heterocycles. The lowest BCUT2D eigenvalue weighted by molar-refractivity contribution is 0.252. The van der Waals surface area contributed by atoms with Gasteiger partial charge in [0.15, 0.2) is 0 Å². The monoisotopic (exact) mass is 275 g/mol. The van der Waals surface area contributed by atoms with Crippen LogP contribution in [0.15, 0.2) is 18.2 Å². The largest absolute Gasteiger partial charge is 0.311 e. The Bertz CT molecular complexity index is 388. The van der Waals surface area contributed by atoms with Crippen LogP contribution in [-0.4, -0.2) is 29.5 Å². The Balaban J connectivity index is 1.87. The maximum atomic E-state index is 4.79. The third-order valence-corrected chi connectivity index (χ3v) is 3.74. The maximum absolute atomic E-state index is 4.79. The Labute approximate surface area is 123 Å². The fourth-order valence-corrected chi connectivity index (χ4v) is 2.55. The lowest BCUT2D eigenvalue weighted by Crippen LogP contribution is -2.27. The van der Waals surface area contributed by atoms with Crippen molar-refractivity contribution < 1.29 is 0 Å². The summed E-state index contributed by atoms with van der Waals surface area (Å²) in [5.41, 5.74) is 2.38. The summed E-state index contributed by atoms with van der Waals surface area (Å²) in [5.74, 6) is 0.955. The fraction of sp³-hybridized carbons (Fsp3) is 0.706. The van der Waals surface area contributed by atoms with E-state index in [0.717, 1.165) is 25.6 Å². The van der Waals surface area contributed by atoms with Gasteiger partial charge in [-0.05, 0) is 56.8 Å². The molecule has 2 rings (SSSR count). The van der Waals surface area contributed by atoms with Crippen molar-refractivity contribution in [3.63, 3.8) is 0 Å². The van der Waals surface area contributed by atoms with E-state index in [4.69, 9.17) is 4.98 Å². The molecule has 0 aliphatic heterocycles. The van der Waals surface area contributed by atoms with E-state index >= 15 is 0 Å². The van der Waals surface area contributed by atoms with Gasteiger partial charge in [-0.15, -0.1) is 0 Å². The molecule has 0 unspecified atom stereocenters. The van der Waals surface area contributed by atoms with E-state index in [0.29, 0.717) is 0 Å². The third-order valence-electron chi connectivity index (χ3n) is 3.74. The third kappa shape index (κ3) is 5.59. The van der Waals surface area contributed by atoms with Gasteiger partial charge in [0.25, 0.3) is 0 Å². The summed E-state index contributed by atoms with van der Waals surface area (Å²) in [5, 5.41) is 3.42. The van der Waals surface area contributed by atoms with Crippen molar-refractivity contribution in [2.24, 2.45) is 5.92 Å². The van der Waals surface area contributed by atoms with Gasteiger partial charge in [0, 0.05) is 19.6 Å². The first-order valence-electron chi connectivity index (χ1n) is 8.19. The molecule has 1 fully saturated rings. The lowest BCUT2D eigenvalue weighted by atomic mass is 10.2. The Kier molecular flexibility index (Phi) is 6.48. The Morgan fingerprint density at radius 2 is 2.00 bits per heavy atom. The highest BCUT2D eigenvalue weighted by Crippen LogP contribution is 2.30. The zero-order chi connectivity index (χ0) is 14.2. The number of hydrogen-bond donors (Lipinski definition) is 1. The number of rotatable bonds is 10. The summed E-state index contributed by atoms with van der Waals surface area (Å²) in [6.45, 7) is 9.86. The van der Waals surface area contributed by atoms with Crippen molar-refractivity contribution in [2.75, 3.05) is 19.6 Å². The predicted molar refractivity (Wildman–Crippen MR) is 84.5 cm³/mol.